The maximum Gasteiger partial charge on any atom is 0.224 e. The standard InChI is InChI=1S/C22H30N2OS.C14H20BrNO.C8H11NS.2CH4/c1-15-12-17(24-10-7-6-8-19-18(24)9-11-26-19)13-16(2)21(15)23-20(25)14-22(3,4)5;1-9-6-11(15)7-10(2)13(9)16-12(17)8-14(3,4)5;1-2-5-9-7-4-6-10-8(7)3-1;;/h9,11-13H,6-8,10,14H2,1-5H3,(H,23,25);6-7H,8H2,1-5H3,(H,16,17);4,6,9H,1-3,5H2;2*1H4. The molecule has 304 valence electrons. The van der Waals surface area contributed by atoms with Crippen LogP contribution < -0.4 is 20.9 Å². The normalized spacial score (nSPS) is 13.6. The first kappa shape index (κ1) is 48.0. The summed E-state index contributed by atoms with van der Waals surface area (Å²) in [5.41, 5.74) is 10.3. The largest absolute Gasteiger partial charge is 0.384 e. The number of nitrogens with zero attached hydrogens (tertiary/aromatic N) is 1. The first-order valence-electron chi connectivity index (χ1n) is 19.0. The molecule has 0 aliphatic carbocycles. The summed E-state index contributed by atoms with van der Waals surface area (Å²) in [4.78, 5) is 29.7. The number of benzene rings is 2. The Hall–Kier alpha value is -3.14. The van der Waals surface area contributed by atoms with Crippen LogP contribution in [-0.2, 0) is 22.4 Å². The number of hydrogen-bond acceptors (Lipinski definition) is 6. The van der Waals surface area contributed by atoms with Crippen molar-refractivity contribution in [3.63, 3.8) is 0 Å². The van der Waals surface area contributed by atoms with Gasteiger partial charge in [-0.3, -0.25) is 9.59 Å². The minimum absolute atomic E-state index is 0. The molecule has 2 aliphatic heterocycles. The fraction of sp³-hybridized carbons (Fsp3) is 0.522. The van der Waals surface area contributed by atoms with Crippen molar-refractivity contribution in [2.45, 2.75) is 135 Å². The van der Waals surface area contributed by atoms with Gasteiger partial charge in [-0.05, 0) is 146 Å². The van der Waals surface area contributed by atoms with Crippen molar-refractivity contribution >= 4 is 78.9 Å². The highest BCUT2D eigenvalue weighted by atomic mass is 79.9. The third kappa shape index (κ3) is 15.0. The summed E-state index contributed by atoms with van der Waals surface area (Å²) >= 11 is 7.19. The van der Waals surface area contributed by atoms with Crippen molar-refractivity contribution in [1.29, 1.82) is 0 Å². The Bertz CT molecular complexity index is 1780. The quantitative estimate of drug-likeness (QED) is 0.187. The van der Waals surface area contributed by atoms with E-state index in [9.17, 15) is 9.59 Å². The third-order valence-corrected chi connectivity index (χ3v) is 11.6. The van der Waals surface area contributed by atoms with Crippen molar-refractivity contribution in [2.75, 3.05) is 33.9 Å². The van der Waals surface area contributed by atoms with Crippen molar-refractivity contribution in [2.24, 2.45) is 10.8 Å². The lowest BCUT2D eigenvalue weighted by Crippen LogP contribution is -2.21. The number of halogens is 1. The Morgan fingerprint density at radius 3 is 1.73 bits per heavy atom. The van der Waals surface area contributed by atoms with Crippen LogP contribution in [0.15, 0.2) is 51.6 Å². The average molecular weight is 854 g/mol. The van der Waals surface area contributed by atoms with Gasteiger partial charge in [0.05, 0.1) is 5.69 Å². The van der Waals surface area contributed by atoms with Gasteiger partial charge in [-0.25, -0.2) is 0 Å². The molecule has 2 aromatic carbocycles. The number of fused-ring (bicyclic) bond motifs is 2. The smallest absolute Gasteiger partial charge is 0.224 e. The predicted molar refractivity (Wildman–Crippen MR) is 248 cm³/mol. The van der Waals surface area contributed by atoms with Gasteiger partial charge < -0.3 is 20.9 Å². The molecule has 9 heteroatoms. The number of carbonyl (C=O) groups excluding carboxylic acids is 2. The summed E-state index contributed by atoms with van der Waals surface area (Å²) in [6.45, 7) is 22.9. The Morgan fingerprint density at radius 1 is 0.709 bits per heavy atom. The summed E-state index contributed by atoms with van der Waals surface area (Å²) in [6, 6.07) is 12.9. The molecular weight excluding hydrogens is 785 g/mol. The summed E-state index contributed by atoms with van der Waals surface area (Å²) in [6.07, 6.45) is 8.65. The Balaban J connectivity index is 0.000000309. The molecule has 2 aliphatic rings. The van der Waals surface area contributed by atoms with Crippen molar-refractivity contribution in [3.8, 4) is 0 Å². The molecule has 0 spiro atoms. The van der Waals surface area contributed by atoms with Crippen molar-refractivity contribution in [3.05, 3.63) is 83.6 Å². The van der Waals surface area contributed by atoms with E-state index < -0.39 is 0 Å². The molecule has 0 atom stereocenters. The molecule has 4 aromatic rings. The monoisotopic (exact) mass is 852 g/mol. The van der Waals surface area contributed by atoms with Crippen LogP contribution >= 0.6 is 38.6 Å². The number of amides is 2. The Kier molecular flexibility index (Phi) is 18.7. The Labute approximate surface area is 350 Å². The second kappa shape index (κ2) is 21.4. The van der Waals surface area contributed by atoms with E-state index >= 15 is 0 Å². The van der Waals surface area contributed by atoms with Gasteiger partial charge in [-0.2, -0.15) is 0 Å². The first-order chi connectivity index (χ1) is 24.9. The first-order valence-corrected chi connectivity index (χ1v) is 21.6. The Morgan fingerprint density at radius 2 is 1.18 bits per heavy atom. The predicted octanol–water partition coefficient (Wildman–Crippen LogP) is 14.4. The van der Waals surface area contributed by atoms with E-state index in [-0.39, 0.29) is 37.5 Å². The summed E-state index contributed by atoms with van der Waals surface area (Å²) in [5.74, 6) is 0.164. The van der Waals surface area contributed by atoms with Gasteiger partial charge in [0.2, 0.25) is 11.8 Å². The SMILES string of the molecule is C.C.Cc1cc(Br)cc(C)c1NC(=O)CC(C)(C)C.Cc1cc(N2CCCCc3sccc32)cc(C)c1NC(=O)CC(C)(C)C.c1cc2c(s1)CCCCN2. The maximum absolute atomic E-state index is 12.4. The van der Waals surface area contributed by atoms with Crippen molar-refractivity contribution in [1.82, 2.24) is 0 Å². The van der Waals surface area contributed by atoms with E-state index in [1.165, 1.54) is 65.3 Å². The van der Waals surface area contributed by atoms with Gasteiger partial charge in [-0.15, -0.1) is 22.7 Å². The molecule has 0 saturated heterocycles. The van der Waals surface area contributed by atoms with Gasteiger partial charge >= 0.3 is 0 Å². The number of aryl methyl sites for hydroxylation is 6. The van der Waals surface area contributed by atoms with E-state index in [1.807, 2.05) is 48.7 Å². The lowest BCUT2D eigenvalue weighted by molar-refractivity contribution is -0.118. The van der Waals surface area contributed by atoms with E-state index in [2.05, 4.69) is 127 Å². The fourth-order valence-corrected chi connectivity index (χ4v) is 9.27. The minimum atomic E-state index is -0.00671. The van der Waals surface area contributed by atoms with Crippen LogP contribution in [0.2, 0.25) is 0 Å². The zero-order chi connectivity index (χ0) is 38.9. The maximum atomic E-state index is 12.4. The molecule has 0 saturated carbocycles. The van der Waals surface area contributed by atoms with Gasteiger partial charge in [0.25, 0.3) is 0 Å². The number of anilines is 5. The van der Waals surface area contributed by atoms with E-state index in [0.717, 1.165) is 51.2 Å². The van der Waals surface area contributed by atoms with E-state index in [4.69, 9.17) is 0 Å². The lowest BCUT2D eigenvalue weighted by atomic mass is 9.92. The highest BCUT2D eigenvalue weighted by molar-refractivity contribution is 9.10. The molecule has 55 heavy (non-hydrogen) atoms. The van der Waals surface area contributed by atoms with Crippen LogP contribution in [-0.4, -0.2) is 24.9 Å². The number of nitrogens with one attached hydrogen (secondary N) is 3. The van der Waals surface area contributed by atoms with E-state index in [1.54, 1.807) is 0 Å². The van der Waals surface area contributed by atoms with Gasteiger partial charge in [0, 0.05) is 62.9 Å². The van der Waals surface area contributed by atoms with Crippen LogP contribution in [0.3, 0.4) is 0 Å². The minimum Gasteiger partial charge on any atom is -0.384 e. The number of rotatable bonds is 5. The molecule has 0 fully saturated rings. The summed E-state index contributed by atoms with van der Waals surface area (Å²) < 4.78 is 1.04. The third-order valence-electron chi connectivity index (χ3n) is 9.18. The average Bonchev–Trinajstić information content (AvgIpc) is 3.57. The second-order valence-electron chi connectivity index (χ2n) is 16.9. The van der Waals surface area contributed by atoms with Gasteiger partial charge in [0.1, 0.15) is 0 Å². The molecule has 6 rings (SSSR count). The molecule has 2 aromatic heterocycles. The highest BCUT2D eigenvalue weighted by Gasteiger charge is 2.21. The summed E-state index contributed by atoms with van der Waals surface area (Å²) in [7, 11) is 0. The van der Waals surface area contributed by atoms with Crippen LogP contribution in [0.5, 0.6) is 0 Å². The number of hydrogen-bond donors (Lipinski definition) is 3. The topological polar surface area (TPSA) is 73.5 Å². The fourth-order valence-electron chi connectivity index (χ4n) is 6.76. The molecule has 6 nitrogen and oxygen atoms in total. The molecule has 3 N–H and O–H groups in total. The molecule has 2 amide bonds. The van der Waals surface area contributed by atoms with Gasteiger partial charge in [0.15, 0.2) is 0 Å². The van der Waals surface area contributed by atoms with Crippen molar-refractivity contribution < 1.29 is 9.59 Å². The molecule has 0 bridgehead atoms. The zero-order valence-electron chi connectivity index (χ0n) is 33.6. The second-order valence-corrected chi connectivity index (χ2v) is 19.8. The van der Waals surface area contributed by atoms with Crippen LogP contribution in [0.4, 0.5) is 28.4 Å². The molecule has 4 heterocycles. The summed E-state index contributed by atoms with van der Waals surface area (Å²) in [5, 5.41) is 13.9. The van der Waals surface area contributed by atoms with Gasteiger partial charge in [-0.1, -0.05) is 72.3 Å². The van der Waals surface area contributed by atoms with Crippen LogP contribution in [0, 0.1) is 38.5 Å². The molecular formula is C46H69BrN4O2S2. The van der Waals surface area contributed by atoms with E-state index in [0.29, 0.717) is 12.8 Å². The number of carbonyl (C=O) groups is 2. The highest BCUT2D eigenvalue weighted by Crippen LogP contribution is 2.38. The van der Waals surface area contributed by atoms with Crippen LogP contribution in [0.25, 0.3) is 0 Å². The molecule has 0 unspecified atom stereocenters. The lowest BCUT2D eigenvalue weighted by Gasteiger charge is -2.26. The zero-order valence-corrected chi connectivity index (χ0v) is 36.9. The molecule has 0 radical (unpaired) electrons. The van der Waals surface area contributed by atoms with Crippen LogP contribution in [0.1, 0.15) is 127 Å². The number of thiophene rings is 2.